The van der Waals surface area contributed by atoms with Gasteiger partial charge in [0.25, 0.3) is 22.7 Å². The van der Waals surface area contributed by atoms with E-state index >= 15 is 0 Å². The van der Waals surface area contributed by atoms with Crippen LogP contribution >= 0.6 is 0 Å². The smallest absolute Gasteiger partial charge is 0.344 e. The van der Waals surface area contributed by atoms with Crippen LogP contribution in [-0.2, 0) is 11.3 Å². The Hall–Kier alpha value is -6.00. The van der Waals surface area contributed by atoms with Crippen LogP contribution in [0.3, 0.4) is 0 Å². The molecule has 0 N–H and O–H groups in total. The predicted octanol–water partition coefficient (Wildman–Crippen LogP) is 3.90. The molecule has 200 valence electrons. The molecule has 0 spiro atoms. The molecular weight excluding hydrogens is 528 g/mol. The largest absolute Gasteiger partial charge is 0.493 e. The Labute approximate surface area is 215 Å². The number of esters is 2. The van der Waals surface area contributed by atoms with Crippen LogP contribution in [0.25, 0.3) is 0 Å². The fourth-order valence-corrected chi connectivity index (χ4v) is 3.12. The van der Waals surface area contributed by atoms with E-state index in [9.17, 15) is 50.0 Å². The van der Waals surface area contributed by atoms with Gasteiger partial charge in [0.15, 0.2) is 11.5 Å². The first kappa shape index (κ1) is 27.6. The molecule has 0 amide bonds. The van der Waals surface area contributed by atoms with Gasteiger partial charge in [0.05, 0.1) is 50.1 Å². The molecule has 0 aliphatic rings. The lowest BCUT2D eigenvalue weighted by atomic mass is 10.1. The lowest BCUT2D eigenvalue weighted by Gasteiger charge is -2.11. The summed E-state index contributed by atoms with van der Waals surface area (Å²) in [5.41, 5.74) is -3.38. The van der Waals surface area contributed by atoms with Crippen LogP contribution in [0.4, 0.5) is 22.7 Å². The van der Waals surface area contributed by atoms with Crippen molar-refractivity contribution in [3.63, 3.8) is 0 Å². The number of hydrogen-bond acceptors (Lipinski definition) is 13. The molecule has 17 nitrogen and oxygen atoms in total. The summed E-state index contributed by atoms with van der Waals surface area (Å²) in [6, 6.07) is 8.46. The first-order valence-corrected chi connectivity index (χ1v) is 10.3. The number of hydrogen-bond donors (Lipinski definition) is 0. The Morgan fingerprint density at radius 3 is 1.49 bits per heavy atom. The fourth-order valence-electron chi connectivity index (χ4n) is 3.12. The van der Waals surface area contributed by atoms with Crippen LogP contribution in [0.5, 0.6) is 11.5 Å². The average molecular weight is 542 g/mol. The summed E-state index contributed by atoms with van der Waals surface area (Å²) in [6.45, 7) is -0.420. The van der Waals surface area contributed by atoms with Crippen LogP contribution in [0.15, 0.2) is 54.6 Å². The summed E-state index contributed by atoms with van der Waals surface area (Å²) in [6.07, 6.45) is 0. The van der Waals surface area contributed by atoms with Gasteiger partial charge in [-0.25, -0.2) is 9.59 Å². The molecule has 0 saturated carbocycles. The van der Waals surface area contributed by atoms with Gasteiger partial charge < -0.3 is 14.2 Å². The number of rotatable bonds is 10. The summed E-state index contributed by atoms with van der Waals surface area (Å²) < 4.78 is 15.4. The Morgan fingerprint density at radius 2 is 1.08 bits per heavy atom. The van der Waals surface area contributed by atoms with Gasteiger partial charge in [-0.05, 0) is 17.7 Å². The minimum Gasteiger partial charge on any atom is -0.493 e. The third kappa shape index (κ3) is 6.61. The number of non-ortho nitro benzene ring substituents is 4. The van der Waals surface area contributed by atoms with Gasteiger partial charge >= 0.3 is 11.9 Å². The number of ether oxygens (including phenoxy) is 3. The molecule has 3 aromatic carbocycles. The van der Waals surface area contributed by atoms with Gasteiger partial charge in [-0.1, -0.05) is 6.07 Å². The Bertz CT molecular complexity index is 1470. The molecule has 3 aromatic rings. The van der Waals surface area contributed by atoms with Gasteiger partial charge in [-0.2, -0.15) is 0 Å². The molecular formula is C22H14N4O13. The molecule has 0 heterocycles. The van der Waals surface area contributed by atoms with Crippen molar-refractivity contribution in [3.8, 4) is 11.5 Å². The van der Waals surface area contributed by atoms with Crippen molar-refractivity contribution in [2.24, 2.45) is 0 Å². The molecule has 0 aliphatic carbocycles. The zero-order chi connectivity index (χ0) is 28.9. The second kappa shape index (κ2) is 11.4. The van der Waals surface area contributed by atoms with E-state index in [1.165, 1.54) is 25.3 Å². The van der Waals surface area contributed by atoms with Crippen molar-refractivity contribution < 1.29 is 43.5 Å². The van der Waals surface area contributed by atoms with Crippen molar-refractivity contribution >= 4 is 34.7 Å². The zero-order valence-corrected chi connectivity index (χ0v) is 19.5. The molecule has 0 saturated heterocycles. The summed E-state index contributed by atoms with van der Waals surface area (Å²) in [7, 11) is 1.21. The van der Waals surface area contributed by atoms with E-state index in [0.29, 0.717) is 12.1 Å². The molecule has 3 rings (SSSR count). The number of carbonyl (C=O) groups excluding carboxylic acids is 2. The zero-order valence-electron chi connectivity index (χ0n) is 19.5. The Balaban J connectivity index is 1.78. The summed E-state index contributed by atoms with van der Waals surface area (Å²) in [5.74, 6) is -2.49. The summed E-state index contributed by atoms with van der Waals surface area (Å²) >= 11 is 0. The average Bonchev–Trinajstić information content (AvgIpc) is 2.91. The highest BCUT2D eigenvalue weighted by atomic mass is 16.6. The second-order valence-corrected chi connectivity index (χ2v) is 7.46. The van der Waals surface area contributed by atoms with Crippen LogP contribution in [0, 0.1) is 40.5 Å². The minimum atomic E-state index is -1.16. The monoisotopic (exact) mass is 542 g/mol. The van der Waals surface area contributed by atoms with Crippen LogP contribution in [-0.4, -0.2) is 38.7 Å². The van der Waals surface area contributed by atoms with E-state index in [-0.39, 0.29) is 17.1 Å². The first-order valence-electron chi connectivity index (χ1n) is 10.3. The van der Waals surface area contributed by atoms with Gasteiger partial charge in [0, 0.05) is 24.3 Å². The standard InChI is InChI=1S/C22H14N4O13/c1-37-20-4-12(11-38-21(27)13-5-15(23(29)30)9-16(6-13)24(31)32)2-3-19(20)39-22(28)14-7-17(25(33)34)10-18(8-14)26(35)36/h2-10H,11H2,1H3. The number of methoxy groups -OCH3 is 1. The number of nitrogens with zero attached hydrogens (tertiary/aromatic N) is 4. The minimum absolute atomic E-state index is 0.0529. The number of benzene rings is 3. The molecule has 0 fully saturated rings. The van der Waals surface area contributed by atoms with Gasteiger partial charge in [-0.3, -0.25) is 40.5 Å². The van der Waals surface area contributed by atoms with Crippen LogP contribution < -0.4 is 9.47 Å². The molecule has 0 aromatic heterocycles. The third-order valence-electron chi connectivity index (χ3n) is 4.92. The Kier molecular flexibility index (Phi) is 8.04. The molecule has 0 bridgehead atoms. The predicted molar refractivity (Wildman–Crippen MR) is 127 cm³/mol. The van der Waals surface area contributed by atoms with Crippen LogP contribution in [0.2, 0.25) is 0 Å². The molecule has 0 radical (unpaired) electrons. The molecule has 39 heavy (non-hydrogen) atoms. The van der Waals surface area contributed by atoms with Crippen molar-refractivity contribution in [3.05, 3.63) is 112 Å². The van der Waals surface area contributed by atoms with Crippen molar-refractivity contribution in [2.45, 2.75) is 6.61 Å². The highest BCUT2D eigenvalue weighted by Crippen LogP contribution is 2.31. The maximum atomic E-state index is 12.6. The number of carbonyl (C=O) groups is 2. The topological polar surface area (TPSA) is 234 Å². The van der Waals surface area contributed by atoms with Crippen molar-refractivity contribution in [1.29, 1.82) is 0 Å². The normalized spacial score (nSPS) is 10.3. The quantitative estimate of drug-likeness (QED) is 0.153. The maximum Gasteiger partial charge on any atom is 0.344 e. The highest BCUT2D eigenvalue weighted by molar-refractivity contribution is 5.93. The van der Waals surface area contributed by atoms with E-state index in [1.54, 1.807) is 0 Å². The van der Waals surface area contributed by atoms with Gasteiger partial charge in [-0.15, -0.1) is 0 Å². The van der Waals surface area contributed by atoms with Crippen molar-refractivity contribution in [2.75, 3.05) is 7.11 Å². The van der Waals surface area contributed by atoms with Gasteiger partial charge in [0.2, 0.25) is 0 Å². The molecule has 0 atom stereocenters. The Morgan fingerprint density at radius 1 is 0.641 bits per heavy atom. The summed E-state index contributed by atoms with van der Waals surface area (Å²) in [4.78, 5) is 65.4. The van der Waals surface area contributed by atoms with Crippen LogP contribution in [0.1, 0.15) is 26.3 Å². The van der Waals surface area contributed by atoms with E-state index in [2.05, 4.69) is 0 Å². The first-order chi connectivity index (χ1) is 18.4. The SMILES string of the molecule is COc1cc(COC(=O)c2cc([N+](=O)[O-])cc([N+](=O)[O-])c2)ccc1OC(=O)c1cc([N+](=O)[O-])cc([N+](=O)[O-])c1. The third-order valence-corrected chi connectivity index (χ3v) is 4.92. The van der Waals surface area contributed by atoms with Gasteiger partial charge in [0.1, 0.15) is 6.61 Å². The molecule has 17 heteroatoms. The van der Waals surface area contributed by atoms with E-state index < -0.39 is 72.1 Å². The lowest BCUT2D eigenvalue weighted by Crippen LogP contribution is -2.11. The fraction of sp³-hybridized carbons (Fsp3) is 0.0909. The van der Waals surface area contributed by atoms with E-state index in [0.717, 1.165) is 24.3 Å². The molecule has 0 unspecified atom stereocenters. The number of nitro groups is 4. The molecule has 0 aliphatic heterocycles. The van der Waals surface area contributed by atoms with E-state index in [4.69, 9.17) is 14.2 Å². The number of nitro benzene ring substituents is 4. The van der Waals surface area contributed by atoms with Crippen molar-refractivity contribution in [1.82, 2.24) is 0 Å². The highest BCUT2D eigenvalue weighted by Gasteiger charge is 2.23. The summed E-state index contributed by atoms with van der Waals surface area (Å²) in [5, 5.41) is 44.1. The second-order valence-electron chi connectivity index (χ2n) is 7.46. The lowest BCUT2D eigenvalue weighted by molar-refractivity contribution is -0.394. The maximum absolute atomic E-state index is 12.6. The van der Waals surface area contributed by atoms with E-state index in [1.807, 2.05) is 0 Å².